The van der Waals surface area contributed by atoms with E-state index in [2.05, 4.69) is 5.32 Å². The summed E-state index contributed by atoms with van der Waals surface area (Å²) in [7, 11) is 0. The quantitative estimate of drug-likeness (QED) is 0.653. The first-order valence-electron chi connectivity index (χ1n) is 7.67. The molecule has 26 heavy (non-hydrogen) atoms. The van der Waals surface area contributed by atoms with Crippen molar-refractivity contribution >= 4 is 12.4 Å². The van der Waals surface area contributed by atoms with Crippen molar-refractivity contribution in [3.8, 4) is 0 Å². The summed E-state index contributed by atoms with van der Waals surface area (Å²) in [5.41, 5.74) is -0.272. The van der Waals surface area contributed by atoms with Gasteiger partial charge in [0.25, 0.3) is 0 Å². The van der Waals surface area contributed by atoms with Gasteiger partial charge in [-0.15, -0.1) is 0 Å². The highest BCUT2D eigenvalue weighted by Crippen LogP contribution is 2.23. The van der Waals surface area contributed by atoms with Crippen LogP contribution >= 0.6 is 0 Å². The summed E-state index contributed by atoms with van der Waals surface area (Å²) in [5.74, 6) is -2.08. The van der Waals surface area contributed by atoms with Gasteiger partial charge in [0.15, 0.2) is 6.29 Å². The van der Waals surface area contributed by atoms with E-state index in [0.717, 1.165) is 5.56 Å². The molecule has 8 heteroatoms. The van der Waals surface area contributed by atoms with E-state index in [1.807, 2.05) is 6.07 Å². The molecule has 0 radical (unpaired) electrons. The van der Waals surface area contributed by atoms with Crippen LogP contribution in [0.3, 0.4) is 0 Å². The number of ether oxygens (including phenoxy) is 1. The molecule has 0 fully saturated rings. The Balaban J connectivity index is 1.88. The Kier molecular flexibility index (Phi) is 6.76. The third-order valence-electron chi connectivity index (χ3n) is 3.59. The summed E-state index contributed by atoms with van der Waals surface area (Å²) in [6.45, 7) is -0.441. The maximum Gasteiger partial charge on any atom is 0.407 e. The molecule has 2 unspecified atom stereocenters. The summed E-state index contributed by atoms with van der Waals surface area (Å²) in [4.78, 5) is 22.1. The smallest absolute Gasteiger partial charge is 0.407 e. The van der Waals surface area contributed by atoms with Crippen LogP contribution in [0.2, 0.25) is 0 Å². The molecule has 138 valence electrons. The van der Waals surface area contributed by atoms with Gasteiger partial charge in [-0.1, -0.05) is 30.3 Å². The second-order valence-electron chi connectivity index (χ2n) is 5.47. The predicted molar refractivity (Wildman–Crippen MR) is 87.3 cm³/mol. The van der Waals surface area contributed by atoms with Gasteiger partial charge in [-0.25, -0.2) is 13.6 Å². The normalized spacial score (nSPS) is 12.9. The van der Waals surface area contributed by atoms with Crippen molar-refractivity contribution in [2.45, 2.75) is 18.8 Å². The summed E-state index contributed by atoms with van der Waals surface area (Å²) in [6, 6.07) is 10.1. The van der Waals surface area contributed by atoms with E-state index in [1.165, 1.54) is 0 Å². The lowest BCUT2D eigenvalue weighted by molar-refractivity contribution is 0.0162. The van der Waals surface area contributed by atoms with Crippen molar-refractivity contribution < 1.29 is 33.3 Å². The zero-order chi connectivity index (χ0) is 19.1. The molecule has 3 N–H and O–H groups in total. The van der Waals surface area contributed by atoms with Crippen LogP contribution in [0.1, 0.15) is 27.6 Å². The van der Waals surface area contributed by atoms with E-state index in [1.54, 1.807) is 24.3 Å². The first kappa shape index (κ1) is 19.5. The lowest BCUT2D eigenvalue weighted by Crippen LogP contribution is -2.36. The number of hydrogen-bond acceptors (Lipinski definition) is 5. The SMILES string of the molecule is O=Cc1cc(F)c(C(O)C(O)CNC(=O)OCc2ccccc2)cc1F. The number of benzene rings is 2. The molecule has 0 spiro atoms. The maximum absolute atomic E-state index is 13.8. The lowest BCUT2D eigenvalue weighted by Gasteiger charge is -2.19. The third kappa shape index (κ3) is 5.08. The van der Waals surface area contributed by atoms with Crippen LogP contribution in [0.4, 0.5) is 13.6 Å². The van der Waals surface area contributed by atoms with E-state index in [4.69, 9.17) is 4.74 Å². The van der Waals surface area contributed by atoms with E-state index in [9.17, 15) is 28.6 Å². The van der Waals surface area contributed by atoms with Crippen LogP contribution in [0.25, 0.3) is 0 Å². The van der Waals surface area contributed by atoms with E-state index < -0.39 is 47.6 Å². The van der Waals surface area contributed by atoms with Gasteiger partial charge in [-0.3, -0.25) is 4.79 Å². The number of rotatable bonds is 7. The van der Waals surface area contributed by atoms with Gasteiger partial charge in [-0.05, 0) is 17.7 Å². The van der Waals surface area contributed by atoms with Gasteiger partial charge in [-0.2, -0.15) is 0 Å². The van der Waals surface area contributed by atoms with Gasteiger partial charge in [0.05, 0.1) is 5.56 Å². The average Bonchev–Trinajstić information content (AvgIpc) is 2.66. The van der Waals surface area contributed by atoms with Gasteiger partial charge >= 0.3 is 6.09 Å². The van der Waals surface area contributed by atoms with Crippen LogP contribution in [0.5, 0.6) is 0 Å². The zero-order valence-electron chi connectivity index (χ0n) is 13.6. The average molecular weight is 365 g/mol. The first-order chi connectivity index (χ1) is 12.4. The van der Waals surface area contributed by atoms with Crippen LogP contribution in [0, 0.1) is 11.6 Å². The first-order valence-corrected chi connectivity index (χ1v) is 7.67. The number of aliphatic hydroxyl groups is 2. The molecule has 2 aromatic carbocycles. The number of hydrogen-bond donors (Lipinski definition) is 3. The molecule has 1 amide bonds. The molecule has 0 aliphatic rings. The number of halogens is 2. The Morgan fingerprint density at radius 3 is 2.50 bits per heavy atom. The van der Waals surface area contributed by atoms with Crippen LogP contribution < -0.4 is 5.32 Å². The molecule has 0 bridgehead atoms. The fourth-order valence-corrected chi connectivity index (χ4v) is 2.18. The number of aliphatic hydroxyl groups excluding tert-OH is 2. The summed E-state index contributed by atoms with van der Waals surface area (Å²) < 4.78 is 32.3. The number of carbonyl (C=O) groups is 2. The van der Waals surface area contributed by atoms with Gasteiger partial charge in [0.1, 0.15) is 30.4 Å². The lowest BCUT2D eigenvalue weighted by atomic mass is 10.0. The second-order valence-corrected chi connectivity index (χ2v) is 5.47. The predicted octanol–water partition coefficient (Wildman–Crippen LogP) is 2.10. The molecule has 0 aliphatic heterocycles. The Bertz CT molecular complexity index is 770. The fourth-order valence-electron chi connectivity index (χ4n) is 2.18. The largest absolute Gasteiger partial charge is 0.445 e. The van der Waals surface area contributed by atoms with Crippen molar-refractivity contribution in [3.05, 3.63) is 70.8 Å². The van der Waals surface area contributed by atoms with Crippen molar-refractivity contribution in [2.24, 2.45) is 0 Å². The molecular formula is C18H17F2NO5. The standard InChI is InChI=1S/C18H17F2NO5/c19-14-7-13(15(20)6-12(14)9-22)17(24)16(23)8-21-18(25)26-10-11-4-2-1-3-5-11/h1-7,9,16-17,23-24H,8,10H2,(H,21,25). The number of carbonyl (C=O) groups excluding carboxylic acids is 2. The highest BCUT2D eigenvalue weighted by molar-refractivity contribution is 5.75. The minimum Gasteiger partial charge on any atom is -0.445 e. The number of amides is 1. The molecule has 2 atom stereocenters. The molecule has 6 nitrogen and oxygen atoms in total. The fraction of sp³-hybridized carbons (Fsp3) is 0.222. The molecule has 0 aromatic heterocycles. The molecule has 0 saturated carbocycles. The van der Waals surface area contributed by atoms with Crippen LogP contribution in [-0.2, 0) is 11.3 Å². The van der Waals surface area contributed by atoms with Crippen LogP contribution in [-0.4, -0.2) is 35.2 Å². The summed E-state index contributed by atoms with van der Waals surface area (Å²) in [5, 5.41) is 22.0. The summed E-state index contributed by atoms with van der Waals surface area (Å²) in [6.07, 6.45) is -4.13. The van der Waals surface area contributed by atoms with E-state index in [-0.39, 0.29) is 12.9 Å². The topological polar surface area (TPSA) is 95.9 Å². The number of alkyl carbamates (subject to hydrolysis) is 1. The van der Waals surface area contributed by atoms with Crippen molar-refractivity contribution in [1.82, 2.24) is 5.32 Å². The Morgan fingerprint density at radius 1 is 1.15 bits per heavy atom. The monoisotopic (exact) mass is 365 g/mol. The van der Waals surface area contributed by atoms with Gasteiger partial charge in [0, 0.05) is 12.1 Å². The minimum atomic E-state index is -1.81. The Hall–Kier alpha value is -2.84. The maximum atomic E-state index is 13.8. The van der Waals surface area contributed by atoms with Crippen molar-refractivity contribution in [1.29, 1.82) is 0 Å². The molecule has 0 heterocycles. The molecule has 2 aromatic rings. The summed E-state index contributed by atoms with van der Waals surface area (Å²) >= 11 is 0. The van der Waals surface area contributed by atoms with Crippen molar-refractivity contribution in [3.63, 3.8) is 0 Å². The van der Waals surface area contributed by atoms with Crippen molar-refractivity contribution in [2.75, 3.05) is 6.54 Å². The Morgan fingerprint density at radius 2 is 1.85 bits per heavy atom. The highest BCUT2D eigenvalue weighted by atomic mass is 19.1. The molecule has 2 rings (SSSR count). The van der Waals surface area contributed by atoms with E-state index >= 15 is 0 Å². The van der Waals surface area contributed by atoms with Gasteiger partial charge in [0.2, 0.25) is 0 Å². The van der Waals surface area contributed by atoms with Crippen LogP contribution in [0.15, 0.2) is 42.5 Å². The minimum absolute atomic E-state index is 0.0122. The number of aldehydes is 1. The molecule has 0 aliphatic carbocycles. The highest BCUT2D eigenvalue weighted by Gasteiger charge is 2.24. The van der Waals surface area contributed by atoms with E-state index in [0.29, 0.717) is 12.1 Å². The Labute approximate surface area is 148 Å². The third-order valence-corrected chi connectivity index (χ3v) is 3.59. The number of nitrogens with one attached hydrogen (secondary N) is 1. The van der Waals surface area contributed by atoms with Gasteiger partial charge < -0.3 is 20.3 Å². The zero-order valence-corrected chi connectivity index (χ0v) is 13.6. The second kappa shape index (κ2) is 9.02. The molecular weight excluding hydrogens is 348 g/mol. The molecule has 0 saturated heterocycles.